The molecule has 218 valence electrons. The van der Waals surface area contributed by atoms with Crippen molar-refractivity contribution in [2.24, 2.45) is 0 Å². The second-order valence-electron chi connectivity index (χ2n) is 12.0. The van der Waals surface area contributed by atoms with Crippen molar-refractivity contribution in [2.45, 2.75) is 0 Å². The molecule has 0 fully saturated rings. The number of hydrogen-bond acceptors (Lipinski definition) is 4. The molecule has 10 aromatic rings. The molecule has 0 N–H and O–H groups in total. The number of nitrogens with zero attached hydrogens (tertiary/aromatic N) is 3. The topological polar surface area (TPSA) is 38.7 Å². The minimum Gasteiger partial charge on any atom is -0.208 e. The molecule has 0 unspecified atom stereocenters. The fourth-order valence-corrected chi connectivity index (χ4v) is 8.34. The molecule has 0 aliphatic heterocycles. The molecular formula is C43H25N3S. The SMILES string of the molecule is c1ccc(-c2nc(-c3cc4ccccc4c4c3ccc3c5ccccc5ccc34)nc(-c3cccc4c3sc3ccccc34)n2)cc1. The largest absolute Gasteiger partial charge is 0.208 e. The third-order valence-corrected chi connectivity index (χ3v) is 10.5. The monoisotopic (exact) mass is 615 g/mol. The smallest absolute Gasteiger partial charge is 0.165 e. The van der Waals surface area contributed by atoms with Gasteiger partial charge in [-0.05, 0) is 61.3 Å². The van der Waals surface area contributed by atoms with E-state index in [1.807, 2.05) is 18.2 Å². The average Bonchev–Trinajstić information content (AvgIpc) is 3.53. The van der Waals surface area contributed by atoms with Gasteiger partial charge in [0.25, 0.3) is 0 Å². The molecule has 0 bridgehead atoms. The summed E-state index contributed by atoms with van der Waals surface area (Å²) in [5, 5.41) is 12.2. The average molecular weight is 616 g/mol. The third-order valence-electron chi connectivity index (χ3n) is 9.30. The first-order chi connectivity index (χ1) is 23.3. The Morgan fingerprint density at radius 1 is 0.362 bits per heavy atom. The van der Waals surface area contributed by atoms with Crippen LogP contribution in [0, 0.1) is 0 Å². The highest BCUT2D eigenvalue weighted by molar-refractivity contribution is 7.26. The van der Waals surface area contributed by atoms with Crippen LogP contribution in [0.25, 0.3) is 97.4 Å². The van der Waals surface area contributed by atoms with Gasteiger partial charge in [0, 0.05) is 36.9 Å². The van der Waals surface area contributed by atoms with Gasteiger partial charge < -0.3 is 0 Å². The molecule has 2 heterocycles. The quantitative estimate of drug-likeness (QED) is 0.186. The molecule has 8 aromatic carbocycles. The Labute approximate surface area is 274 Å². The van der Waals surface area contributed by atoms with E-state index in [0.717, 1.165) is 27.5 Å². The summed E-state index contributed by atoms with van der Waals surface area (Å²) < 4.78 is 2.44. The van der Waals surface area contributed by atoms with Crippen molar-refractivity contribution in [2.75, 3.05) is 0 Å². The standard InChI is InChI=1S/C43H25N3S/c1-2-12-27(13-3-1)41-44-42(36-19-10-18-35-32-17-8-9-20-38(32)47-40(35)36)46-43(45-41)37-25-28-14-5-7-16-30(28)39-33-22-21-26-11-4-6-15-29(26)31(33)23-24-34(37)39/h1-25H. The second kappa shape index (κ2) is 10.3. The first-order valence-electron chi connectivity index (χ1n) is 15.8. The maximum Gasteiger partial charge on any atom is 0.165 e. The van der Waals surface area contributed by atoms with Crippen molar-refractivity contribution in [3.05, 3.63) is 152 Å². The van der Waals surface area contributed by atoms with Crippen molar-refractivity contribution >= 4 is 74.6 Å². The number of fused-ring (bicyclic) bond motifs is 10. The maximum atomic E-state index is 5.29. The van der Waals surface area contributed by atoms with Crippen molar-refractivity contribution in [1.82, 2.24) is 15.0 Å². The van der Waals surface area contributed by atoms with E-state index in [1.54, 1.807) is 11.3 Å². The minimum absolute atomic E-state index is 0.664. The highest BCUT2D eigenvalue weighted by Gasteiger charge is 2.19. The van der Waals surface area contributed by atoms with Gasteiger partial charge in [-0.2, -0.15) is 0 Å². The molecule has 10 rings (SSSR count). The summed E-state index contributed by atoms with van der Waals surface area (Å²) in [5.74, 6) is 2.01. The molecule has 47 heavy (non-hydrogen) atoms. The van der Waals surface area contributed by atoms with Crippen LogP contribution >= 0.6 is 11.3 Å². The van der Waals surface area contributed by atoms with Crippen LogP contribution < -0.4 is 0 Å². The minimum atomic E-state index is 0.664. The van der Waals surface area contributed by atoms with Crippen LogP contribution in [0.15, 0.2) is 152 Å². The molecule has 0 atom stereocenters. The van der Waals surface area contributed by atoms with E-state index in [1.165, 1.54) is 52.5 Å². The van der Waals surface area contributed by atoms with Gasteiger partial charge in [0.15, 0.2) is 17.5 Å². The van der Waals surface area contributed by atoms with Crippen molar-refractivity contribution < 1.29 is 0 Å². The molecule has 2 aromatic heterocycles. The molecule has 0 saturated heterocycles. The Bertz CT molecular complexity index is 2850. The fourth-order valence-electron chi connectivity index (χ4n) is 7.13. The molecule has 0 saturated carbocycles. The van der Waals surface area contributed by atoms with Gasteiger partial charge in [-0.1, -0.05) is 133 Å². The second-order valence-corrected chi connectivity index (χ2v) is 13.0. The highest BCUT2D eigenvalue weighted by Crippen LogP contribution is 2.42. The fraction of sp³-hybridized carbons (Fsp3) is 0. The third kappa shape index (κ3) is 4.09. The van der Waals surface area contributed by atoms with Gasteiger partial charge in [0.1, 0.15) is 0 Å². The normalized spacial score (nSPS) is 11.8. The Hall–Kier alpha value is -5.97. The predicted molar refractivity (Wildman–Crippen MR) is 199 cm³/mol. The summed E-state index contributed by atoms with van der Waals surface area (Å²) in [6, 6.07) is 53.8. The summed E-state index contributed by atoms with van der Waals surface area (Å²) >= 11 is 1.79. The van der Waals surface area contributed by atoms with Crippen LogP contribution in [0.1, 0.15) is 0 Å². The number of benzene rings is 8. The number of aromatic nitrogens is 3. The van der Waals surface area contributed by atoms with Crippen LogP contribution in [-0.4, -0.2) is 15.0 Å². The van der Waals surface area contributed by atoms with Crippen molar-refractivity contribution in [3.63, 3.8) is 0 Å². The number of rotatable bonds is 3. The van der Waals surface area contributed by atoms with Crippen molar-refractivity contribution in [1.29, 1.82) is 0 Å². The van der Waals surface area contributed by atoms with E-state index in [-0.39, 0.29) is 0 Å². The van der Waals surface area contributed by atoms with E-state index in [4.69, 9.17) is 15.0 Å². The molecular weight excluding hydrogens is 591 g/mol. The molecule has 0 amide bonds. The molecule has 0 radical (unpaired) electrons. The van der Waals surface area contributed by atoms with Gasteiger partial charge in [-0.15, -0.1) is 11.3 Å². The first kappa shape index (κ1) is 26.3. The van der Waals surface area contributed by atoms with Crippen LogP contribution in [0.3, 0.4) is 0 Å². The van der Waals surface area contributed by atoms with Gasteiger partial charge in [-0.25, -0.2) is 15.0 Å². The summed E-state index contributed by atoms with van der Waals surface area (Å²) in [7, 11) is 0. The zero-order valence-electron chi connectivity index (χ0n) is 25.2. The lowest BCUT2D eigenvalue weighted by atomic mass is 9.91. The molecule has 3 nitrogen and oxygen atoms in total. The lowest BCUT2D eigenvalue weighted by Crippen LogP contribution is -2.01. The summed E-state index contributed by atoms with van der Waals surface area (Å²) in [6.45, 7) is 0. The highest BCUT2D eigenvalue weighted by atomic mass is 32.1. The zero-order chi connectivity index (χ0) is 30.9. The predicted octanol–water partition coefficient (Wildman–Crippen LogP) is 11.9. The Morgan fingerprint density at radius 2 is 1.00 bits per heavy atom. The van der Waals surface area contributed by atoms with E-state index >= 15 is 0 Å². The Kier molecular flexibility index (Phi) is 5.74. The molecule has 0 aliphatic carbocycles. The Morgan fingerprint density at radius 3 is 1.87 bits per heavy atom. The Balaban J connectivity index is 1.31. The van der Waals surface area contributed by atoms with E-state index < -0.39 is 0 Å². The maximum absolute atomic E-state index is 5.29. The van der Waals surface area contributed by atoms with Gasteiger partial charge in [0.05, 0.1) is 0 Å². The molecule has 4 heteroatoms. The van der Waals surface area contributed by atoms with Gasteiger partial charge >= 0.3 is 0 Å². The first-order valence-corrected chi connectivity index (χ1v) is 16.6. The molecule has 0 aliphatic rings. The van der Waals surface area contributed by atoms with Crippen LogP contribution in [0.2, 0.25) is 0 Å². The summed E-state index contributed by atoms with van der Waals surface area (Å²) in [6.07, 6.45) is 0. The van der Waals surface area contributed by atoms with Crippen LogP contribution in [0.4, 0.5) is 0 Å². The number of hydrogen-bond donors (Lipinski definition) is 0. The van der Waals surface area contributed by atoms with Crippen LogP contribution in [0.5, 0.6) is 0 Å². The zero-order valence-corrected chi connectivity index (χ0v) is 26.0. The summed E-state index contributed by atoms with van der Waals surface area (Å²) in [5.41, 5.74) is 2.98. The van der Waals surface area contributed by atoms with Gasteiger partial charge in [-0.3, -0.25) is 0 Å². The summed E-state index contributed by atoms with van der Waals surface area (Å²) in [4.78, 5) is 15.6. The van der Waals surface area contributed by atoms with E-state index in [0.29, 0.717) is 17.5 Å². The number of thiophene rings is 1. The molecule has 0 spiro atoms. The van der Waals surface area contributed by atoms with Crippen LogP contribution in [-0.2, 0) is 0 Å². The van der Waals surface area contributed by atoms with E-state index in [2.05, 4.69) is 133 Å². The van der Waals surface area contributed by atoms with Crippen molar-refractivity contribution in [3.8, 4) is 34.2 Å². The lowest BCUT2D eigenvalue weighted by Gasteiger charge is -2.15. The van der Waals surface area contributed by atoms with E-state index in [9.17, 15) is 0 Å². The van der Waals surface area contributed by atoms with Gasteiger partial charge in [0.2, 0.25) is 0 Å². The lowest BCUT2D eigenvalue weighted by molar-refractivity contribution is 1.08.